The summed E-state index contributed by atoms with van der Waals surface area (Å²) >= 11 is 9.78. The summed E-state index contributed by atoms with van der Waals surface area (Å²) in [6.07, 6.45) is 0.868. The van der Waals surface area contributed by atoms with Crippen molar-refractivity contribution < 1.29 is 4.74 Å². The summed E-state index contributed by atoms with van der Waals surface area (Å²) in [5.74, 6) is 1.23. The van der Waals surface area contributed by atoms with E-state index in [0.29, 0.717) is 5.92 Å². The molecule has 0 saturated carbocycles. The van der Waals surface area contributed by atoms with Gasteiger partial charge in [-0.25, -0.2) is 0 Å². The van der Waals surface area contributed by atoms with Crippen LogP contribution in [0.4, 0.5) is 0 Å². The number of rotatable bonds is 6. The van der Waals surface area contributed by atoms with E-state index in [4.69, 9.17) is 16.3 Å². The van der Waals surface area contributed by atoms with Crippen molar-refractivity contribution in [2.75, 3.05) is 20.7 Å². The SMILES string of the molecule is CNCC(Cc1cc(Cl)ccc1OC)c1ccccc1Br. The molecule has 0 fully saturated rings. The Kier molecular flexibility index (Phi) is 6.09. The fraction of sp³-hybridized carbons (Fsp3) is 0.294. The molecule has 1 atom stereocenters. The topological polar surface area (TPSA) is 21.3 Å². The van der Waals surface area contributed by atoms with Crippen molar-refractivity contribution >= 4 is 27.5 Å². The molecular formula is C17H19BrClNO. The van der Waals surface area contributed by atoms with Crippen LogP contribution in [0.3, 0.4) is 0 Å². The first-order chi connectivity index (χ1) is 10.2. The zero-order valence-electron chi connectivity index (χ0n) is 12.2. The summed E-state index contributed by atoms with van der Waals surface area (Å²) in [5, 5.41) is 4.01. The Bertz CT molecular complexity index is 603. The fourth-order valence-electron chi connectivity index (χ4n) is 2.52. The molecule has 0 aromatic heterocycles. The van der Waals surface area contributed by atoms with Gasteiger partial charge in [0.05, 0.1) is 7.11 Å². The van der Waals surface area contributed by atoms with Gasteiger partial charge < -0.3 is 10.1 Å². The first kappa shape index (κ1) is 16.3. The van der Waals surface area contributed by atoms with E-state index in [-0.39, 0.29) is 0 Å². The maximum atomic E-state index is 6.13. The first-order valence-corrected chi connectivity index (χ1v) is 8.04. The van der Waals surface area contributed by atoms with Gasteiger partial charge in [-0.2, -0.15) is 0 Å². The largest absolute Gasteiger partial charge is 0.496 e. The van der Waals surface area contributed by atoms with Gasteiger partial charge in [0.15, 0.2) is 0 Å². The maximum absolute atomic E-state index is 6.13. The monoisotopic (exact) mass is 367 g/mol. The van der Waals surface area contributed by atoms with Gasteiger partial charge in [0.2, 0.25) is 0 Å². The third kappa shape index (κ3) is 4.22. The van der Waals surface area contributed by atoms with Crippen LogP contribution in [0.15, 0.2) is 46.9 Å². The van der Waals surface area contributed by atoms with Crippen molar-refractivity contribution in [2.24, 2.45) is 0 Å². The Morgan fingerprint density at radius 1 is 1.24 bits per heavy atom. The van der Waals surface area contributed by atoms with Gasteiger partial charge in [-0.3, -0.25) is 0 Å². The van der Waals surface area contributed by atoms with Crippen LogP contribution < -0.4 is 10.1 Å². The summed E-state index contributed by atoms with van der Waals surface area (Å²) in [7, 11) is 3.66. The molecule has 2 nitrogen and oxygen atoms in total. The summed E-state index contributed by atoms with van der Waals surface area (Å²) in [4.78, 5) is 0. The molecule has 1 N–H and O–H groups in total. The van der Waals surface area contributed by atoms with Crippen molar-refractivity contribution in [3.05, 3.63) is 63.1 Å². The molecule has 0 spiro atoms. The minimum absolute atomic E-state index is 0.345. The average molecular weight is 369 g/mol. The van der Waals surface area contributed by atoms with Gasteiger partial charge >= 0.3 is 0 Å². The second-order valence-electron chi connectivity index (χ2n) is 4.94. The van der Waals surface area contributed by atoms with Gasteiger partial charge in [0.25, 0.3) is 0 Å². The molecule has 2 aromatic carbocycles. The van der Waals surface area contributed by atoms with E-state index in [1.165, 1.54) is 5.56 Å². The molecule has 21 heavy (non-hydrogen) atoms. The molecule has 2 aromatic rings. The molecule has 0 bridgehead atoms. The first-order valence-electron chi connectivity index (χ1n) is 6.87. The number of halogens is 2. The Labute approximate surface area is 139 Å². The molecule has 0 saturated heterocycles. The summed E-state index contributed by atoms with van der Waals surface area (Å²) in [5.41, 5.74) is 2.41. The fourth-order valence-corrected chi connectivity index (χ4v) is 3.32. The Morgan fingerprint density at radius 3 is 2.67 bits per heavy atom. The van der Waals surface area contributed by atoms with Crippen LogP contribution in [0, 0.1) is 0 Å². The van der Waals surface area contributed by atoms with Crippen LogP contribution in [0.25, 0.3) is 0 Å². The second-order valence-corrected chi connectivity index (χ2v) is 6.23. The summed E-state index contributed by atoms with van der Waals surface area (Å²) in [6, 6.07) is 14.1. The third-order valence-electron chi connectivity index (χ3n) is 3.50. The number of likely N-dealkylation sites (N-methyl/N-ethyl adjacent to an activating group) is 1. The third-order valence-corrected chi connectivity index (χ3v) is 4.46. The molecule has 1 unspecified atom stereocenters. The molecule has 0 amide bonds. The molecule has 0 heterocycles. The van der Waals surface area contributed by atoms with E-state index in [2.05, 4.69) is 39.4 Å². The van der Waals surface area contributed by atoms with Crippen molar-refractivity contribution in [1.29, 1.82) is 0 Å². The van der Waals surface area contributed by atoms with Crippen LogP contribution in [-0.2, 0) is 6.42 Å². The van der Waals surface area contributed by atoms with Gasteiger partial charge in [-0.15, -0.1) is 0 Å². The van der Waals surface area contributed by atoms with Gasteiger partial charge in [-0.1, -0.05) is 45.7 Å². The molecular weight excluding hydrogens is 350 g/mol. The molecule has 0 aliphatic carbocycles. The van der Waals surface area contributed by atoms with Crippen LogP contribution in [-0.4, -0.2) is 20.7 Å². The summed E-state index contributed by atoms with van der Waals surface area (Å²) < 4.78 is 6.59. The Morgan fingerprint density at radius 2 is 2.00 bits per heavy atom. The van der Waals surface area contributed by atoms with Crippen LogP contribution in [0.2, 0.25) is 5.02 Å². The van der Waals surface area contributed by atoms with E-state index in [1.807, 2.05) is 31.3 Å². The van der Waals surface area contributed by atoms with Crippen LogP contribution in [0.5, 0.6) is 5.75 Å². The van der Waals surface area contributed by atoms with E-state index in [9.17, 15) is 0 Å². The number of ether oxygens (including phenoxy) is 1. The van der Waals surface area contributed by atoms with Crippen molar-refractivity contribution in [3.63, 3.8) is 0 Å². The normalized spacial score (nSPS) is 12.2. The highest BCUT2D eigenvalue weighted by atomic mass is 79.9. The summed E-state index contributed by atoms with van der Waals surface area (Å²) in [6.45, 7) is 0.887. The van der Waals surface area contributed by atoms with Crippen molar-refractivity contribution in [3.8, 4) is 5.75 Å². The quantitative estimate of drug-likeness (QED) is 0.801. The Hall–Kier alpha value is -1.03. The molecule has 0 aliphatic heterocycles. The van der Waals surface area contributed by atoms with Crippen molar-refractivity contribution in [1.82, 2.24) is 5.32 Å². The van der Waals surface area contributed by atoms with E-state index < -0.39 is 0 Å². The van der Waals surface area contributed by atoms with Gasteiger partial charge in [-0.05, 0) is 48.9 Å². The lowest BCUT2D eigenvalue weighted by Gasteiger charge is -2.20. The van der Waals surface area contributed by atoms with Crippen molar-refractivity contribution in [2.45, 2.75) is 12.3 Å². The van der Waals surface area contributed by atoms with Gasteiger partial charge in [0, 0.05) is 22.0 Å². The number of hydrogen-bond donors (Lipinski definition) is 1. The highest BCUT2D eigenvalue weighted by molar-refractivity contribution is 9.10. The van der Waals surface area contributed by atoms with E-state index in [1.54, 1.807) is 7.11 Å². The minimum Gasteiger partial charge on any atom is -0.496 e. The molecule has 0 radical (unpaired) electrons. The molecule has 4 heteroatoms. The minimum atomic E-state index is 0.345. The number of methoxy groups -OCH3 is 1. The van der Waals surface area contributed by atoms with Crippen LogP contribution >= 0.6 is 27.5 Å². The predicted octanol–water partition coefficient (Wildman–Crippen LogP) is 4.66. The lowest BCUT2D eigenvalue weighted by molar-refractivity contribution is 0.407. The lowest BCUT2D eigenvalue weighted by atomic mass is 9.91. The van der Waals surface area contributed by atoms with Gasteiger partial charge in [0.1, 0.15) is 5.75 Å². The predicted molar refractivity (Wildman–Crippen MR) is 92.5 cm³/mol. The number of benzene rings is 2. The second kappa shape index (κ2) is 7.83. The number of hydrogen-bond acceptors (Lipinski definition) is 2. The molecule has 0 aliphatic rings. The maximum Gasteiger partial charge on any atom is 0.122 e. The molecule has 112 valence electrons. The van der Waals surface area contributed by atoms with E-state index >= 15 is 0 Å². The highest BCUT2D eigenvalue weighted by Crippen LogP contribution is 2.31. The number of nitrogens with one attached hydrogen (secondary N) is 1. The zero-order chi connectivity index (χ0) is 15.2. The highest BCUT2D eigenvalue weighted by Gasteiger charge is 2.17. The smallest absolute Gasteiger partial charge is 0.122 e. The zero-order valence-corrected chi connectivity index (χ0v) is 14.5. The molecule has 2 rings (SSSR count). The average Bonchev–Trinajstić information content (AvgIpc) is 2.48. The Balaban J connectivity index is 2.33. The van der Waals surface area contributed by atoms with E-state index in [0.717, 1.165) is 33.8 Å². The van der Waals surface area contributed by atoms with Crippen LogP contribution in [0.1, 0.15) is 17.0 Å². The standard InChI is InChI=1S/C17H19BrClNO/c1-20-11-13(15-5-3-4-6-16(15)18)9-12-10-14(19)7-8-17(12)21-2/h3-8,10,13,20H,9,11H2,1-2H3. The lowest BCUT2D eigenvalue weighted by Crippen LogP contribution is -2.19.